The number of aryl methyl sites for hydroxylation is 1. The molecule has 1 aromatic rings. The van der Waals surface area contributed by atoms with Gasteiger partial charge in [-0.1, -0.05) is 27.2 Å². The first-order valence-electron chi connectivity index (χ1n) is 4.78. The molecule has 0 N–H and O–H groups in total. The molecule has 0 atom stereocenters. The van der Waals surface area contributed by atoms with Crippen LogP contribution in [0, 0.1) is 17.5 Å². The van der Waals surface area contributed by atoms with Crippen molar-refractivity contribution in [2.75, 3.05) is 0 Å². The maximum atomic E-state index is 12.8. The van der Waals surface area contributed by atoms with Gasteiger partial charge in [-0.3, -0.25) is 0 Å². The number of halogens is 3. The highest BCUT2D eigenvalue weighted by molar-refractivity contribution is 5.20. The molecule has 80 valence electrons. The number of hydrogen-bond donors (Lipinski definition) is 0. The van der Waals surface area contributed by atoms with Crippen molar-refractivity contribution in [1.29, 1.82) is 0 Å². The summed E-state index contributed by atoms with van der Waals surface area (Å²) >= 11 is 0. The van der Waals surface area contributed by atoms with E-state index in [-0.39, 0.29) is 5.56 Å². The molecule has 0 saturated heterocycles. The average molecular weight is 204 g/mol. The van der Waals surface area contributed by atoms with E-state index in [1.54, 1.807) is 0 Å². The van der Waals surface area contributed by atoms with Crippen molar-refractivity contribution in [3.8, 4) is 0 Å². The van der Waals surface area contributed by atoms with Gasteiger partial charge in [0.1, 0.15) is 5.82 Å². The van der Waals surface area contributed by atoms with Crippen LogP contribution in [0.2, 0.25) is 0 Å². The third-order valence-corrected chi connectivity index (χ3v) is 1.61. The van der Waals surface area contributed by atoms with Gasteiger partial charge in [-0.15, -0.1) is 0 Å². The second kappa shape index (κ2) is 6.46. The average Bonchev–Trinajstić information content (AvgIpc) is 2.18. The van der Waals surface area contributed by atoms with Crippen molar-refractivity contribution in [2.24, 2.45) is 0 Å². The molecule has 1 rings (SSSR count). The topological polar surface area (TPSA) is 0 Å². The second-order valence-electron chi connectivity index (χ2n) is 2.61. The third-order valence-electron chi connectivity index (χ3n) is 1.61. The zero-order valence-electron chi connectivity index (χ0n) is 8.70. The Labute approximate surface area is 82.8 Å². The largest absolute Gasteiger partial charge is 0.207 e. The smallest absolute Gasteiger partial charge is 0.161 e. The van der Waals surface area contributed by atoms with Crippen LogP contribution in [-0.4, -0.2) is 0 Å². The van der Waals surface area contributed by atoms with Gasteiger partial charge >= 0.3 is 0 Å². The number of rotatable bonds is 2. The Hall–Kier alpha value is -0.990. The molecule has 0 unspecified atom stereocenters. The molecular weight excluding hydrogens is 189 g/mol. The molecule has 0 aliphatic carbocycles. The molecule has 0 spiro atoms. The summed E-state index contributed by atoms with van der Waals surface area (Å²) in [4.78, 5) is 0. The molecule has 0 aliphatic heterocycles. The Morgan fingerprint density at radius 3 is 1.93 bits per heavy atom. The lowest BCUT2D eigenvalue weighted by atomic mass is 10.1. The van der Waals surface area contributed by atoms with Crippen LogP contribution in [0.4, 0.5) is 13.2 Å². The predicted octanol–water partition coefficient (Wildman–Crippen LogP) is 4.08. The fourth-order valence-corrected chi connectivity index (χ4v) is 1.02. The lowest BCUT2D eigenvalue weighted by molar-refractivity contribution is 0.489. The normalized spacial score (nSPS) is 9.29. The standard InChI is InChI=1S/C9H9F3.C2H6/c1-2-3-6-4-8(11)9(12)5-7(6)10;1-2/h4-5H,2-3H2,1H3;1-2H3. The Morgan fingerprint density at radius 2 is 1.43 bits per heavy atom. The van der Waals surface area contributed by atoms with E-state index in [1.165, 1.54) is 0 Å². The fourth-order valence-electron chi connectivity index (χ4n) is 1.02. The van der Waals surface area contributed by atoms with E-state index in [9.17, 15) is 13.2 Å². The zero-order chi connectivity index (χ0) is 11.1. The van der Waals surface area contributed by atoms with Crippen LogP contribution in [0.15, 0.2) is 12.1 Å². The first-order valence-corrected chi connectivity index (χ1v) is 4.78. The van der Waals surface area contributed by atoms with Gasteiger partial charge in [0.25, 0.3) is 0 Å². The van der Waals surface area contributed by atoms with Crippen LogP contribution in [0.1, 0.15) is 32.8 Å². The Bertz CT molecular complexity index is 282. The van der Waals surface area contributed by atoms with Gasteiger partial charge in [0.2, 0.25) is 0 Å². The maximum absolute atomic E-state index is 12.8. The van der Waals surface area contributed by atoms with Gasteiger partial charge in [-0.2, -0.15) is 0 Å². The van der Waals surface area contributed by atoms with E-state index in [4.69, 9.17) is 0 Å². The fraction of sp³-hybridized carbons (Fsp3) is 0.455. The maximum Gasteiger partial charge on any atom is 0.161 e. The van der Waals surface area contributed by atoms with E-state index in [0.29, 0.717) is 18.9 Å². The molecule has 0 fully saturated rings. The summed E-state index contributed by atoms with van der Waals surface area (Å²) in [5.41, 5.74) is 0.233. The highest BCUT2D eigenvalue weighted by Crippen LogP contribution is 2.14. The molecule has 0 radical (unpaired) electrons. The lowest BCUT2D eigenvalue weighted by Crippen LogP contribution is -1.94. The quantitative estimate of drug-likeness (QED) is 0.637. The minimum Gasteiger partial charge on any atom is -0.207 e. The Morgan fingerprint density at radius 1 is 0.929 bits per heavy atom. The lowest BCUT2D eigenvalue weighted by Gasteiger charge is -2.01. The van der Waals surface area contributed by atoms with Crippen molar-refractivity contribution in [3.05, 3.63) is 35.1 Å². The third kappa shape index (κ3) is 3.40. The van der Waals surface area contributed by atoms with Crippen LogP contribution < -0.4 is 0 Å². The van der Waals surface area contributed by atoms with Crippen molar-refractivity contribution in [2.45, 2.75) is 33.6 Å². The first-order chi connectivity index (χ1) is 6.65. The monoisotopic (exact) mass is 204 g/mol. The number of benzene rings is 1. The van der Waals surface area contributed by atoms with Crippen LogP contribution >= 0.6 is 0 Å². The van der Waals surface area contributed by atoms with Crippen molar-refractivity contribution >= 4 is 0 Å². The molecule has 0 nitrogen and oxygen atoms in total. The van der Waals surface area contributed by atoms with Gasteiger partial charge in [0, 0.05) is 6.07 Å². The summed E-state index contributed by atoms with van der Waals surface area (Å²) in [6, 6.07) is 1.49. The van der Waals surface area contributed by atoms with Crippen LogP contribution in [-0.2, 0) is 6.42 Å². The molecule has 0 bridgehead atoms. The molecular formula is C11H15F3. The number of hydrogen-bond acceptors (Lipinski definition) is 0. The van der Waals surface area contributed by atoms with Gasteiger partial charge < -0.3 is 0 Å². The Balaban J connectivity index is 0.000000791. The molecule has 1 aromatic carbocycles. The Kier molecular flexibility index (Phi) is 6.00. The summed E-state index contributed by atoms with van der Waals surface area (Å²) < 4.78 is 37.7. The zero-order valence-corrected chi connectivity index (χ0v) is 8.70. The van der Waals surface area contributed by atoms with E-state index < -0.39 is 17.5 Å². The van der Waals surface area contributed by atoms with Crippen molar-refractivity contribution < 1.29 is 13.2 Å². The van der Waals surface area contributed by atoms with Gasteiger partial charge in [-0.25, -0.2) is 13.2 Å². The molecule has 0 aliphatic rings. The molecule has 0 amide bonds. The summed E-state index contributed by atoms with van der Waals surface area (Å²) in [5.74, 6) is -2.79. The first kappa shape index (κ1) is 13.0. The summed E-state index contributed by atoms with van der Waals surface area (Å²) in [6.45, 7) is 5.85. The molecule has 0 heterocycles. The summed E-state index contributed by atoms with van der Waals surface area (Å²) in [6.07, 6.45) is 1.14. The predicted molar refractivity (Wildman–Crippen MR) is 51.7 cm³/mol. The summed E-state index contributed by atoms with van der Waals surface area (Å²) in [5, 5.41) is 0. The van der Waals surface area contributed by atoms with Crippen LogP contribution in [0.25, 0.3) is 0 Å². The van der Waals surface area contributed by atoms with E-state index in [1.807, 2.05) is 20.8 Å². The minimum absolute atomic E-state index is 0.233. The second-order valence-corrected chi connectivity index (χ2v) is 2.61. The molecule has 14 heavy (non-hydrogen) atoms. The van der Waals surface area contributed by atoms with Crippen molar-refractivity contribution in [1.82, 2.24) is 0 Å². The van der Waals surface area contributed by atoms with E-state index in [2.05, 4.69) is 0 Å². The van der Waals surface area contributed by atoms with Gasteiger partial charge in [0.05, 0.1) is 0 Å². The minimum atomic E-state index is -1.13. The van der Waals surface area contributed by atoms with Crippen LogP contribution in [0.3, 0.4) is 0 Å². The van der Waals surface area contributed by atoms with Gasteiger partial charge in [-0.05, 0) is 18.1 Å². The van der Waals surface area contributed by atoms with Crippen LogP contribution in [0.5, 0.6) is 0 Å². The summed E-state index contributed by atoms with van der Waals surface area (Å²) in [7, 11) is 0. The van der Waals surface area contributed by atoms with E-state index in [0.717, 1.165) is 6.07 Å². The van der Waals surface area contributed by atoms with Crippen molar-refractivity contribution in [3.63, 3.8) is 0 Å². The van der Waals surface area contributed by atoms with E-state index >= 15 is 0 Å². The molecule has 0 aromatic heterocycles. The molecule has 3 heteroatoms. The van der Waals surface area contributed by atoms with Gasteiger partial charge in [0.15, 0.2) is 11.6 Å². The highest BCUT2D eigenvalue weighted by Gasteiger charge is 2.08. The molecule has 0 saturated carbocycles. The highest BCUT2D eigenvalue weighted by atomic mass is 19.2. The SMILES string of the molecule is CC.CCCc1cc(F)c(F)cc1F.